The number of aliphatic hydroxyl groups is 1. The van der Waals surface area contributed by atoms with Crippen molar-refractivity contribution < 1.29 is 9.90 Å². The smallest absolute Gasteiger partial charge is 0.221 e. The summed E-state index contributed by atoms with van der Waals surface area (Å²) in [4.78, 5) is 11.2. The molecule has 4 nitrogen and oxygen atoms in total. The van der Waals surface area contributed by atoms with E-state index in [1.165, 1.54) is 0 Å². The minimum atomic E-state index is -0.388. The van der Waals surface area contributed by atoms with Crippen molar-refractivity contribution >= 4 is 5.91 Å². The van der Waals surface area contributed by atoms with Crippen molar-refractivity contribution in [3.05, 3.63) is 0 Å². The van der Waals surface area contributed by atoms with Crippen molar-refractivity contribution in [3.8, 4) is 6.07 Å². The average Bonchev–Trinajstić information content (AvgIpc) is 2.11. The highest BCUT2D eigenvalue weighted by Crippen LogP contribution is 2.19. The number of hydrogen-bond acceptors (Lipinski definition) is 3. The Kier molecular flexibility index (Phi) is 3.26. The molecule has 1 saturated carbocycles. The minimum absolute atomic E-state index is 0.0848. The lowest BCUT2D eigenvalue weighted by Crippen LogP contribution is -2.50. The molecule has 1 fully saturated rings. The van der Waals surface area contributed by atoms with Gasteiger partial charge in [0.05, 0.1) is 24.1 Å². The molecule has 0 bridgehead atoms. The van der Waals surface area contributed by atoms with E-state index in [2.05, 4.69) is 5.32 Å². The molecule has 1 aliphatic carbocycles. The van der Waals surface area contributed by atoms with Gasteiger partial charge in [-0.3, -0.25) is 4.79 Å². The second kappa shape index (κ2) is 4.24. The molecule has 0 aromatic carbocycles. The second-order valence-electron chi connectivity index (χ2n) is 3.55. The van der Waals surface area contributed by atoms with Crippen LogP contribution in [-0.2, 0) is 4.79 Å². The first kappa shape index (κ1) is 10.0. The molecule has 1 rings (SSSR count). The third-order valence-corrected chi connectivity index (χ3v) is 2.30. The van der Waals surface area contributed by atoms with Crippen molar-refractivity contribution in [2.45, 2.75) is 38.3 Å². The van der Waals surface area contributed by atoms with E-state index < -0.39 is 0 Å². The zero-order valence-corrected chi connectivity index (χ0v) is 7.66. The van der Waals surface area contributed by atoms with Crippen molar-refractivity contribution in [2.75, 3.05) is 0 Å². The third-order valence-electron chi connectivity index (χ3n) is 2.30. The molecule has 72 valence electrons. The summed E-state index contributed by atoms with van der Waals surface area (Å²) in [5.74, 6) is -0.394. The van der Waals surface area contributed by atoms with Crippen molar-refractivity contribution in [1.82, 2.24) is 5.32 Å². The SMILES string of the molecule is CC(C#N)CC(=O)N[C@@H]1CC[C@H]1O. The Morgan fingerprint density at radius 1 is 1.77 bits per heavy atom. The van der Waals surface area contributed by atoms with Crippen LogP contribution in [0.2, 0.25) is 0 Å². The molecule has 0 saturated heterocycles. The molecule has 0 heterocycles. The van der Waals surface area contributed by atoms with Gasteiger partial charge in [0.1, 0.15) is 0 Å². The maximum Gasteiger partial charge on any atom is 0.221 e. The van der Waals surface area contributed by atoms with Crippen LogP contribution in [0, 0.1) is 17.2 Å². The number of carbonyl (C=O) groups is 1. The zero-order valence-electron chi connectivity index (χ0n) is 7.66. The quantitative estimate of drug-likeness (QED) is 0.653. The Balaban J connectivity index is 2.22. The lowest BCUT2D eigenvalue weighted by molar-refractivity contribution is -0.124. The van der Waals surface area contributed by atoms with Crippen molar-refractivity contribution in [2.24, 2.45) is 5.92 Å². The highest BCUT2D eigenvalue weighted by molar-refractivity contribution is 5.76. The number of rotatable bonds is 3. The van der Waals surface area contributed by atoms with Gasteiger partial charge in [-0.05, 0) is 19.8 Å². The molecular weight excluding hydrogens is 168 g/mol. The zero-order chi connectivity index (χ0) is 9.84. The van der Waals surface area contributed by atoms with Gasteiger partial charge < -0.3 is 10.4 Å². The van der Waals surface area contributed by atoms with Gasteiger partial charge in [0, 0.05) is 6.42 Å². The molecule has 4 heteroatoms. The maximum atomic E-state index is 11.2. The Bertz CT molecular complexity index is 234. The molecule has 2 N–H and O–H groups in total. The number of amides is 1. The molecule has 1 unspecified atom stereocenters. The van der Waals surface area contributed by atoms with E-state index in [4.69, 9.17) is 10.4 Å². The van der Waals surface area contributed by atoms with Crippen LogP contribution in [0.25, 0.3) is 0 Å². The summed E-state index contributed by atoms with van der Waals surface area (Å²) in [6.07, 6.45) is 1.44. The van der Waals surface area contributed by atoms with Gasteiger partial charge in [-0.1, -0.05) is 0 Å². The van der Waals surface area contributed by atoms with E-state index >= 15 is 0 Å². The van der Waals surface area contributed by atoms with Gasteiger partial charge in [-0.25, -0.2) is 0 Å². The Hall–Kier alpha value is -1.08. The first-order valence-electron chi connectivity index (χ1n) is 4.50. The van der Waals surface area contributed by atoms with Crippen LogP contribution in [0.3, 0.4) is 0 Å². The van der Waals surface area contributed by atoms with Crippen LogP contribution in [0.15, 0.2) is 0 Å². The summed E-state index contributed by atoms with van der Waals surface area (Å²) in [5, 5.41) is 20.3. The lowest BCUT2D eigenvalue weighted by atomic mass is 9.89. The Morgan fingerprint density at radius 2 is 2.46 bits per heavy atom. The standard InChI is InChI=1S/C9H14N2O2/c1-6(5-10)4-9(13)11-7-2-3-8(7)12/h6-8,12H,2-4H2,1H3,(H,11,13)/t6?,7-,8-/m1/s1. The topological polar surface area (TPSA) is 73.1 Å². The molecule has 13 heavy (non-hydrogen) atoms. The molecule has 0 aliphatic heterocycles. The summed E-state index contributed by atoms with van der Waals surface area (Å²) in [6.45, 7) is 1.71. The third kappa shape index (κ3) is 2.71. The minimum Gasteiger partial charge on any atom is -0.391 e. The largest absolute Gasteiger partial charge is 0.391 e. The molecule has 1 amide bonds. The number of nitrogens with zero attached hydrogens (tertiary/aromatic N) is 1. The molecule has 0 radical (unpaired) electrons. The van der Waals surface area contributed by atoms with Crippen LogP contribution in [0.1, 0.15) is 26.2 Å². The fraction of sp³-hybridized carbons (Fsp3) is 0.778. The fourth-order valence-electron chi connectivity index (χ4n) is 1.24. The fourth-order valence-corrected chi connectivity index (χ4v) is 1.24. The van der Waals surface area contributed by atoms with E-state index in [0.717, 1.165) is 12.8 Å². The van der Waals surface area contributed by atoms with Gasteiger partial charge in [-0.2, -0.15) is 5.26 Å². The van der Waals surface area contributed by atoms with E-state index in [9.17, 15) is 4.79 Å². The van der Waals surface area contributed by atoms with Gasteiger partial charge in [0.15, 0.2) is 0 Å². The van der Waals surface area contributed by atoms with E-state index in [0.29, 0.717) is 0 Å². The van der Waals surface area contributed by atoms with E-state index in [1.807, 2.05) is 6.07 Å². The highest BCUT2D eigenvalue weighted by atomic mass is 16.3. The number of nitrogens with one attached hydrogen (secondary N) is 1. The molecule has 0 aromatic rings. The van der Waals surface area contributed by atoms with Crippen LogP contribution in [0.5, 0.6) is 0 Å². The van der Waals surface area contributed by atoms with Gasteiger partial charge in [0.25, 0.3) is 0 Å². The maximum absolute atomic E-state index is 11.2. The van der Waals surface area contributed by atoms with Crippen LogP contribution in [0.4, 0.5) is 0 Å². The molecule has 0 aromatic heterocycles. The number of carbonyl (C=O) groups excluding carboxylic acids is 1. The summed E-state index contributed by atoms with van der Waals surface area (Å²) in [5.41, 5.74) is 0. The number of hydrogen-bond donors (Lipinski definition) is 2. The Morgan fingerprint density at radius 3 is 2.85 bits per heavy atom. The number of nitriles is 1. The molecular formula is C9H14N2O2. The lowest BCUT2D eigenvalue weighted by Gasteiger charge is -2.33. The summed E-state index contributed by atoms with van der Waals surface area (Å²) in [7, 11) is 0. The van der Waals surface area contributed by atoms with Crippen LogP contribution in [-0.4, -0.2) is 23.2 Å². The van der Waals surface area contributed by atoms with Crippen molar-refractivity contribution in [1.29, 1.82) is 5.26 Å². The highest BCUT2D eigenvalue weighted by Gasteiger charge is 2.30. The molecule has 0 spiro atoms. The van der Waals surface area contributed by atoms with Crippen LogP contribution >= 0.6 is 0 Å². The molecule has 3 atom stereocenters. The van der Waals surface area contributed by atoms with Crippen LogP contribution < -0.4 is 5.32 Å². The monoisotopic (exact) mass is 182 g/mol. The van der Waals surface area contributed by atoms with Gasteiger partial charge >= 0.3 is 0 Å². The van der Waals surface area contributed by atoms with Gasteiger partial charge in [-0.15, -0.1) is 0 Å². The second-order valence-corrected chi connectivity index (χ2v) is 3.55. The summed E-state index contributed by atoms with van der Waals surface area (Å²) < 4.78 is 0. The first-order valence-corrected chi connectivity index (χ1v) is 4.50. The number of aliphatic hydroxyl groups excluding tert-OH is 1. The predicted octanol–water partition coefficient (Wildman–Crippen LogP) is 0.176. The molecule has 1 aliphatic rings. The summed E-state index contributed by atoms with van der Waals surface area (Å²) in [6, 6.07) is 1.91. The predicted molar refractivity (Wildman–Crippen MR) is 46.6 cm³/mol. The Labute approximate surface area is 77.6 Å². The summed E-state index contributed by atoms with van der Waals surface area (Å²) >= 11 is 0. The average molecular weight is 182 g/mol. The van der Waals surface area contributed by atoms with Crippen molar-refractivity contribution in [3.63, 3.8) is 0 Å². The first-order chi connectivity index (χ1) is 6.13. The van der Waals surface area contributed by atoms with E-state index in [1.54, 1.807) is 6.92 Å². The van der Waals surface area contributed by atoms with Gasteiger partial charge in [0.2, 0.25) is 5.91 Å². The normalized spacial score (nSPS) is 28.4. The van der Waals surface area contributed by atoms with E-state index in [-0.39, 0.29) is 30.4 Å².